The Morgan fingerprint density at radius 3 is 2.30 bits per heavy atom. The Kier molecular flexibility index (Phi) is 3.12. The van der Waals surface area contributed by atoms with Gasteiger partial charge in [-0.3, -0.25) is 0 Å². The average Bonchev–Trinajstić information content (AvgIpc) is 1.80. The number of carbonyl (C=O) groups is 1. The summed E-state index contributed by atoms with van der Waals surface area (Å²) < 4.78 is 34.7. The summed E-state index contributed by atoms with van der Waals surface area (Å²) in [6.45, 7) is 2.78. The summed E-state index contributed by atoms with van der Waals surface area (Å²) in [7, 11) is 0. The minimum atomic E-state index is -4.34. The fourth-order valence-electron chi connectivity index (χ4n) is 0.375. The van der Waals surface area contributed by atoms with E-state index in [9.17, 15) is 18.0 Å². The van der Waals surface area contributed by atoms with Crippen LogP contribution in [0.2, 0.25) is 0 Å². The predicted octanol–water partition coefficient (Wildman–Crippen LogP) is 2.08. The number of alkyl halides is 3. The normalized spacial score (nSPS) is 11.1. The highest BCUT2D eigenvalue weighted by atomic mass is 19.4. The summed E-state index contributed by atoms with van der Waals surface area (Å²) in [5.41, 5.74) is -0.848. The monoisotopic (exact) mass is 152 g/mol. The van der Waals surface area contributed by atoms with Crippen molar-refractivity contribution in [3.05, 3.63) is 12.2 Å². The zero-order chi connectivity index (χ0) is 8.20. The van der Waals surface area contributed by atoms with Gasteiger partial charge in [0.1, 0.15) is 6.29 Å². The molecule has 10 heavy (non-hydrogen) atoms. The molecule has 0 radical (unpaired) electrons. The van der Waals surface area contributed by atoms with Gasteiger partial charge in [-0.1, -0.05) is 6.58 Å². The highest BCUT2D eigenvalue weighted by Crippen LogP contribution is 2.26. The number of allylic oxidation sites excluding steroid dienone is 1. The maximum atomic E-state index is 11.6. The van der Waals surface area contributed by atoms with Gasteiger partial charge in [-0.15, -0.1) is 0 Å². The van der Waals surface area contributed by atoms with Crippen LogP contribution < -0.4 is 0 Å². The van der Waals surface area contributed by atoms with Gasteiger partial charge in [-0.25, -0.2) is 0 Å². The van der Waals surface area contributed by atoms with Crippen molar-refractivity contribution in [2.75, 3.05) is 0 Å². The maximum absolute atomic E-state index is 11.6. The molecule has 0 rings (SSSR count). The van der Waals surface area contributed by atoms with E-state index >= 15 is 0 Å². The molecule has 0 saturated carbocycles. The number of carbonyl (C=O) groups excluding carboxylic acids is 1. The van der Waals surface area contributed by atoms with Crippen LogP contribution in [-0.2, 0) is 4.79 Å². The van der Waals surface area contributed by atoms with E-state index in [-0.39, 0.29) is 12.8 Å². The maximum Gasteiger partial charge on any atom is 0.412 e. The molecule has 4 heteroatoms. The molecule has 0 unspecified atom stereocenters. The third kappa shape index (κ3) is 3.27. The second-order valence-electron chi connectivity index (χ2n) is 1.81. The molecular weight excluding hydrogens is 145 g/mol. The van der Waals surface area contributed by atoms with Crippen LogP contribution >= 0.6 is 0 Å². The number of halogens is 3. The quantitative estimate of drug-likeness (QED) is 0.447. The van der Waals surface area contributed by atoms with Gasteiger partial charge in [-0.05, 0) is 6.42 Å². The predicted molar refractivity (Wildman–Crippen MR) is 30.5 cm³/mol. The van der Waals surface area contributed by atoms with E-state index in [1.165, 1.54) is 0 Å². The van der Waals surface area contributed by atoms with Crippen LogP contribution in [0.5, 0.6) is 0 Å². The second-order valence-corrected chi connectivity index (χ2v) is 1.81. The summed E-state index contributed by atoms with van der Waals surface area (Å²) in [5.74, 6) is 0. The molecule has 0 fully saturated rings. The molecule has 0 aliphatic heterocycles. The van der Waals surface area contributed by atoms with Crippen molar-refractivity contribution in [2.45, 2.75) is 19.0 Å². The molecule has 0 spiro atoms. The van der Waals surface area contributed by atoms with Gasteiger partial charge >= 0.3 is 6.18 Å². The van der Waals surface area contributed by atoms with Crippen molar-refractivity contribution in [3.8, 4) is 0 Å². The molecule has 58 valence electrons. The Bertz CT molecular complexity index is 136. The Balaban J connectivity index is 3.74. The van der Waals surface area contributed by atoms with Gasteiger partial charge in [-0.2, -0.15) is 13.2 Å². The molecule has 0 saturated heterocycles. The van der Waals surface area contributed by atoms with Crippen LogP contribution in [0.15, 0.2) is 12.2 Å². The van der Waals surface area contributed by atoms with Crippen molar-refractivity contribution in [2.24, 2.45) is 0 Å². The second kappa shape index (κ2) is 3.39. The molecule has 0 aromatic heterocycles. The molecular formula is C6H7F3O. The minimum absolute atomic E-state index is 0.113. The van der Waals surface area contributed by atoms with Crippen LogP contribution in [0.25, 0.3) is 0 Å². The Hall–Kier alpha value is -0.800. The molecule has 0 aliphatic carbocycles. The minimum Gasteiger partial charge on any atom is -0.303 e. The van der Waals surface area contributed by atoms with E-state index < -0.39 is 11.7 Å². The lowest BCUT2D eigenvalue weighted by Gasteiger charge is -2.06. The molecule has 0 N–H and O–H groups in total. The Labute approximate surface area is 56.5 Å². The van der Waals surface area contributed by atoms with Crippen LogP contribution in [0, 0.1) is 0 Å². The zero-order valence-electron chi connectivity index (χ0n) is 5.24. The van der Waals surface area contributed by atoms with E-state index in [0.717, 1.165) is 0 Å². The summed E-state index contributed by atoms with van der Waals surface area (Å²) in [4.78, 5) is 9.63. The lowest BCUT2D eigenvalue weighted by atomic mass is 10.2. The summed E-state index contributed by atoms with van der Waals surface area (Å²) in [6.07, 6.45) is -4.31. The first kappa shape index (κ1) is 9.20. The van der Waals surface area contributed by atoms with E-state index in [1.54, 1.807) is 0 Å². The fraction of sp³-hybridized carbons (Fsp3) is 0.500. The Morgan fingerprint density at radius 1 is 1.50 bits per heavy atom. The molecule has 0 bridgehead atoms. The third-order valence-corrected chi connectivity index (χ3v) is 0.965. The van der Waals surface area contributed by atoms with E-state index in [0.29, 0.717) is 6.29 Å². The standard InChI is InChI=1S/C6H7F3O/c1-5(3-2-4-10)6(7,8)9/h4H,1-3H2. The molecule has 0 atom stereocenters. The first-order chi connectivity index (χ1) is 4.48. The van der Waals surface area contributed by atoms with Crippen molar-refractivity contribution < 1.29 is 18.0 Å². The topological polar surface area (TPSA) is 17.1 Å². The van der Waals surface area contributed by atoms with Gasteiger partial charge in [0.05, 0.1) is 0 Å². The highest BCUT2D eigenvalue weighted by Gasteiger charge is 2.30. The first-order valence-electron chi connectivity index (χ1n) is 2.67. The van der Waals surface area contributed by atoms with Gasteiger partial charge in [0, 0.05) is 12.0 Å². The van der Waals surface area contributed by atoms with E-state index in [4.69, 9.17) is 0 Å². The fourth-order valence-corrected chi connectivity index (χ4v) is 0.375. The van der Waals surface area contributed by atoms with Gasteiger partial charge in [0.15, 0.2) is 0 Å². The number of hydrogen-bond acceptors (Lipinski definition) is 1. The zero-order valence-corrected chi connectivity index (χ0v) is 5.24. The number of hydrogen-bond donors (Lipinski definition) is 0. The van der Waals surface area contributed by atoms with Gasteiger partial charge in [0.25, 0.3) is 0 Å². The SMILES string of the molecule is C=C(CCC=O)C(F)(F)F. The Morgan fingerprint density at radius 2 is 2.00 bits per heavy atom. The van der Waals surface area contributed by atoms with Crippen LogP contribution in [0.1, 0.15) is 12.8 Å². The molecule has 0 heterocycles. The lowest BCUT2D eigenvalue weighted by molar-refractivity contribution is -0.108. The van der Waals surface area contributed by atoms with Crippen molar-refractivity contribution in [1.82, 2.24) is 0 Å². The molecule has 0 aliphatic rings. The van der Waals surface area contributed by atoms with Crippen molar-refractivity contribution in [3.63, 3.8) is 0 Å². The molecule has 0 aromatic carbocycles. The van der Waals surface area contributed by atoms with Gasteiger partial charge < -0.3 is 4.79 Å². The van der Waals surface area contributed by atoms with Crippen molar-refractivity contribution in [1.29, 1.82) is 0 Å². The van der Waals surface area contributed by atoms with Crippen LogP contribution in [0.3, 0.4) is 0 Å². The lowest BCUT2D eigenvalue weighted by Crippen LogP contribution is -2.10. The number of aldehydes is 1. The summed E-state index contributed by atoms with van der Waals surface area (Å²) in [5, 5.41) is 0. The largest absolute Gasteiger partial charge is 0.412 e. The van der Waals surface area contributed by atoms with Crippen LogP contribution in [0.4, 0.5) is 13.2 Å². The third-order valence-electron chi connectivity index (χ3n) is 0.965. The van der Waals surface area contributed by atoms with Gasteiger partial charge in [0.2, 0.25) is 0 Å². The summed E-state index contributed by atoms with van der Waals surface area (Å²) >= 11 is 0. The first-order valence-corrected chi connectivity index (χ1v) is 2.67. The van der Waals surface area contributed by atoms with E-state index in [2.05, 4.69) is 6.58 Å². The molecule has 0 aromatic rings. The number of rotatable bonds is 3. The van der Waals surface area contributed by atoms with Crippen LogP contribution in [-0.4, -0.2) is 12.5 Å². The smallest absolute Gasteiger partial charge is 0.303 e. The van der Waals surface area contributed by atoms with Crippen molar-refractivity contribution >= 4 is 6.29 Å². The average molecular weight is 152 g/mol. The molecule has 0 amide bonds. The summed E-state index contributed by atoms with van der Waals surface area (Å²) in [6, 6.07) is 0. The highest BCUT2D eigenvalue weighted by molar-refractivity contribution is 5.49. The van der Waals surface area contributed by atoms with E-state index in [1.807, 2.05) is 0 Å². The molecule has 1 nitrogen and oxygen atoms in total.